The molecule has 25 heavy (non-hydrogen) atoms. The highest BCUT2D eigenvalue weighted by molar-refractivity contribution is 6.05. The maximum atomic E-state index is 12.6. The van der Waals surface area contributed by atoms with E-state index in [1.165, 1.54) is 5.56 Å². The summed E-state index contributed by atoms with van der Waals surface area (Å²) in [5.74, 6) is 1.15. The quantitative estimate of drug-likeness (QED) is 0.657. The molecule has 1 aromatic heterocycles. The minimum Gasteiger partial charge on any atom is -0.461 e. The number of carbonyl (C=O) groups excluding carboxylic acids is 1. The van der Waals surface area contributed by atoms with Gasteiger partial charge in [-0.2, -0.15) is 0 Å². The van der Waals surface area contributed by atoms with Gasteiger partial charge in [0, 0.05) is 11.3 Å². The second-order valence-corrected chi connectivity index (χ2v) is 7.23. The van der Waals surface area contributed by atoms with Gasteiger partial charge in [-0.05, 0) is 36.1 Å². The summed E-state index contributed by atoms with van der Waals surface area (Å²) in [6.07, 6.45) is 0. The maximum absolute atomic E-state index is 12.6. The highest BCUT2D eigenvalue weighted by atomic mass is 16.3. The maximum Gasteiger partial charge on any atom is 0.259 e. The van der Waals surface area contributed by atoms with Gasteiger partial charge in [0.1, 0.15) is 11.5 Å². The minimum atomic E-state index is -0.160. The van der Waals surface area contributed by atoms with Crippen LogP contribution in [0.2, 0.25) is 0 Å². The van der Waals surface area contributed by atoms with Crippen molar-refractivity contribution in [3.8, 4) is 11.3 Å². The normalized spacial score (nSPS) is 11.4. The standard InChI is InChI=1S/C22H23NO2/c1-15-19(14-20(25-15)16-8-6-5-7-9-16)21(24)23-18-12-10-17(11-13-18)22(2,3)4/h5-14H,1-4H3,(H,23,24). The molecule has 0 spiro atoms. The first kappa shape index (κ1) is 17.0. The number of anilines is 1. The lowest BCUT2D eigenvalue weighted by Crippen LogP contribution is -2.13. The van der Waals surface area contributed by atoms with E-state index in [1.807, 2.05) is 61.5 Å². The smallest absolute Gasteiger partial charge is 0.259 e. The van der Waals surface area contributed by atoms with Gasteiger partial charge in [0.25, 0.3) is 5.91 Å². The third-order valence-electron chi connectivity index (χ3n) is 4.23. The molecule has 0 aliphatic rings. The summed E-state index contributed by atoms with van der Waals surface area (Å²) in [4.78, 5) is 12.6. The first-order valence-corrected chi connectivity index (χ1v) is 8.42. The Bertz CT molecular complexity index is 869. The van der Waals surface area contributed by atoms with E-state index in [2.05, 4.69) is 26.1 Å². The van der Waals surface area contributed by atoms with Crippen molar-refractivity contribution >= 4 is 11.6 Å². The van der Waals surface area contributed by atoms with Crippen LogP contribution < -0.4 is 5.32 Å². The fourth-order valence-electron chi connectivity index (χ4n) is 2.70. The number of amides is 1. The Kier molecular flexibility index (Phi) is 4.49. The number of nitrogens with one attached hydrogen (secondary N) is 1. The summed E-state index contributed by atoms with van der Waals surface area (Å²) in [5.41, 5.74) is 3.61. The number of aryl methyl sites for hydroxylation is 1. The van der Waals surface area contributed by atoms with Gasteiger partial charge in [0.05, 0.1) is 5.56 Å². The van der Waals surface area contributed by atoms with Gasteiger partial charge < -0.3 is 9.73 Å². The van der Waals surface area contributed by atoms with E-state index >= 15 is 0 Å². The molecule has 0 aliphatic carbocycles. The fraction of sp³-hybridized carbons (Fsp3) is 0.227. The Morgan fingerprint density at radius 2 is 1.60 bits per heavy atom. The Morgan fingerprint density at radius 1 is 0.960 bits per heavy atom. The zero-order chi connectivity index (χ0) is 18.0. The summed E-state index contributed by atoms with van der Waals surface area (Å²) < 4.78 is 5.76. The third kappa shape index (κ3) is 3.82. The molecule has 3 nitrogen and oxygen atoms in total. The van der Waals surface area contributed by atoms with Crippen LogP contribution in [0.4, 0.5) is 5.69 Å². The van der Waals surface area contributed by atoms with Crippen molar-refractivity contribution in [1.82, 2.24) is 0 Å². The predicted octanol–water partition coefficient (Wildman–Crippen LogP) is 5.80. The van der Waals surface area contributed by atoms with Gasteiger partial charge in [-0.25, -0.2) is 0 Å². The number of carbonyl (C=O) groups is 1. The Morgan fingerprint density at radius 3 is 2.20 bits per heavy atom. The van der Waals surface area contributed by atoms with Crippen molar-refractivity contribution < 1.29 is 9.21 Å². The van der Waals surface area contributed by atoms with E-state index in [4.69, 9.17) is 4.42 Å². The lowest BCUT2D eigenvalue weighted by atomic mass is 9.87. The van der Waals surface area contributed by atoms with E-state index in [1.54, 1.807) is 6.07 Å². The van der Waals surface area contributed by atoms with Gasteiger partial charge in [0.15, 0.2) is 0 Å². The molecule has 3 aromatic rings. The van der Waals surface area contributed by atoms with Crippen LogP contribution >= 0.6 is 0 Å². The number of benzene rings is 2. The molecule has 1 heterocycles. The molecular weight excluding hydrogens is 310 g/mol. The van der Waals surface area contributed by atoms with Gasteiger partial charge in [-0.1, -0.05) is 63.2 Å². The second-order valence-electron chi connectivity index (χ2n) is 7.23. The highest BCUT2D eigenvalue weighted by Crippen LogP contribution is 2.27. The van der Waals surface area contributed by atoms with Gasteiger partial charge in [-0.3, -0.25) is 4.79 Å². The zero-order valence-corrected chi connectivity index (χ0v) is 15.1. The van der Waals surface area contributed by atoms with Crippen LogP contribution in [0.1, 0.15) is 42.5 Å². The van der Waals surface area contributed by atoms with Crippen LogP contribution in [0, 0.1) is 6.92 Å². The summed E-state index contributed by atoms with van der Waals surface area (Å²) in [6, 6.07) is 19.5. The van der Waals surface area contributed by atoms with E-state index in [0.29, 0.717) is 17.1 Å². The molecular formula is C22H23NO2. The van der Waals surface area contributed by atoms with E-state index in [-0.39, 0.29) is 11.3 Å². The largest absolute Gasteiger partial charge is 0.461 e. The predicted molar refractivity (Wildman–Crippen MR) is 102 cm³/mol. The minimum absolute atomic E-state index is 0.0915. The summed E-state index contributed by atoms with van der Waals surface area (Å²) in [7, 11) is 0. The molecule has 0 radical (unpaired) electrons. The lowest BCUT2D eigenvalue weighted by Gasteiger charge is -2.19. The molecule has 0 bridgehead atoms. The summed E-state index contributed by atoms with van der Waals surface area (Å²) >= 11 is 0. The average molecular weight is 333 g/mol. The first-order valence-electron chi connectivity index (χ1n) is 8.42. The van der Waals surface area contributed by atoms with Crippen LogP contribution in [0.5, 0.6) is 0 Å². The molecule has 128 valence electrons. The molecule has 1 N–H and O–H groups in total. The van der Waals surface area contributed by atoms with Gasteiger partial charge >= 0.3 is 0 Å². The van der Waals surface area contributed by atoms with Crippen molar-refractivity contribution in [3.05, 3.63) is 77.6 Å². The van der Waals surface area contributed by atoms with Gasteiger partial charge in [-0.15, -0.1) is 0 Å². The highest BCUT2D eigenvalue weighted by Gasteiger charge is 2.17. The molecule has 3 heteroatoms. The number of hydrogen-bond acceptors (Lipinski definition) is 2. The molecule has 2 aromatic carbocycles. The zero-order valence-electron chi connectivity index (χ0n) is 15.1. The monoisotopic (exact) mass is 333 g/mol. The summed E-state index contributed by atoms with van der Waals surface area (Å²) in [6.45, 7) is 8.31. The first-order chi connectivity index (χ1) is 11.8. The van der Waals surface area contributed by atoms with Crippen molar-refractivity contribution in [2.75, 3.05) is 5.32 Å². The van der Waals surface area contributed by atoms with Crippen LogP contribution in [0.25, 0.3) is 11.3 Å². The molecule has 0 aliphatic heterocycles. The van der Waals surface area contributed by atoms with Crippen molar-refractivity contribution in [2.45, 2.75) is 33.1 Å². The van der Waals surface area contributed by atoms with Crippen molar-refractivity contribution in [2.24, 2.45) is 0 Å². The number of furan rings is 1. The molecule has 0 fully saturated rings. The van der Waals surface area contributed by atoms with Crippen LogP contribution in [0.15, 0.2) is 65.1 Å². The van der Waals surface area contributed by atoms with Crippen molar-refractivity contribution in [1.29, 1.82) is 0 Å². The molecule has 0 atom stereocenters. The van der Waals surface area contributed by atoms with Crippen LogP contribution in [-0.2, 0) is 5.41 Å². The van der Waals surface area contributed by atoms with Crippen LogP contribution in [0.3, 0.4) is 0 Å². The topological polar surface area (TPSA) is 42.2 Å². The summed E-state index contributed by atoms with van der Waals surface area (Å²) in [5, 5.41) is 2.94. The van der Waals surface area contributed by atoms with Crippen LogP contribution in [-0.4, -0.2) is 5.91 Å². The Hall–Kier alpha value is -2.81. The molecule has 0 unspecified atom stereocenters. The second kappa shape index (κ2) is 6.60. The molecule has 1 amide bonds. The van der Waals surface area contributed by atoms with E-state index < -0.39 is 0 Å². The van der Waals surface area contributed by atoms with Crippen molar-refractivity contribution in [3.63, 3.8) is 0 Å². The molecule has 0 saturated carbocycles. The Balaban J connectivity index is 1.79. The third-order valence-corrected chi connectivity index (χ3v) is 4.23. The van der Waals surface area contributed by atoms with E-state index in [9.17, 15) is 4.79 Å². The Labute approximate surface area is 148 Å². The number of rotatable bonds is 3. The lowest BCUT2D eigenvalue weighted by molar-refractivity contribution is 0.102. The fourth-order valence-corrected chi connectivity index (χ4v) is 2.70. The number of hydrogen-bond donors (Lipinski definition) is 1. The SMILES string of the molecule is Cc1oc(-c2ccccc2)cc1C(=O)Nc1ccc(C(C)(C)C)cc1. The van der Waals surface area contributed by atoms with Gasteiger partial charge in [0.2, 0.25) is 0 Å². The average Bonchev–Trinajstić information content (AvgIpc) is 2.97. The molecule has 3 rings (SSSR count). The molecule has 0 saturated heterocycles. The van der Waals surface area contributed by atoms with E-state index in [0.717, 1.165) is 11.3 Å².